The van der Waals surface area contributed by atoms with Crippen LogP contribution in [0, 0.1) is 0 Å². The number of benzene rings is 1. The van der Waals surface area contributed by atoms with Crippen LogP contribution in [0.1, 0.15) is 20.3 Å². The Hall–Kier alpha value is -1.26. The van der Waals surface area contributed by atoms with E-state index in [2.05, 4.69) is 22.0 Å². The maximum absolute atomic E-state index is 11.9. The highest BCUT2D eigenvalue weighted by Crippen LogP contribution is 2.25. The molecule has 1 fully saturated rings. The van der Waals surface area contributed by atoms with Gasteiger partial charge in [-0.1, -0.05) is 30.7 Å². The minimum Gasteiger partial charge on any atom is -0.368 e. The molecule has 0 radical (unpaired) electrons. The van der Waals surface area contributed by atoms with Crippen molar-refractivity contribution in [2.24, 2.45) is 0 Å². The number of nitrogens with zero attached hydrogens (tertiary/aromatic N) is 2. The Labute approximate surface area is 132 Å². The number of para-hydroxylation sites is 1. The fourth-order valence-electron chi connectivity index (χ4n) is 2.48. The number of hydrogen-bond acceptors (Lipinski definition) is 3. The molecule has 1 amide bonds. The average Bonchev–Trinajstić information content (AvgIpc) is 2.48. The summed E-state index contributed by atoms with van der Waals surface area (Å²) >= 11 is 6.23. The van der Waals surface area contributed by atoms with E-state index in [9.17, 15) is 4.79 Å². The van der Waals surface area contributed by atoms with E-state index in [1.807, 2.05) is 31.2 Å². The summed E-state index contributed by atoms with van der Waals surface area (Å²) in [6, 6.07) is 8.17. The van der Waals surface area contributed by atoms with Crippen LogP contribution in [0.15, 0.2) is 24.3 Å². The van der Waals surface area contributed by atoms with Gasteiger partial charge in [-0.05, 0) is 25.5 Å². The van der Waals surface area contributed by atoms with Crippen LogP contribution in [0.4, 0.5) is 5.69 Å². The monoisotopic (exact) mass is 309 g/mol. The van der Waals surface area contributed by atoms with Gasteiger partial charge in [-0.15, -0.1) is 0 Å². The Morgan fingerprint density at radius 2 is 1.95 bits per heavy atom. The highest BCUT2D eigenvalue weighted by Gasteiger charge is 2.20. The molecule has 4 nitrogen and oxygen atoms in total. The van der Waals surface area contributed by atoms with Crippen LogP contribution >= 0.6 is 11.6 Å². The summed E-state index contributed by atoms with van der Waals surface area (Å²) in [5, 5.41) is 3.81. The van der Waals surface area contributed by atoms with Gasteiger partial charge in [0.25, 0.3) is 0 Å². The molecule has 0 spiro atoms. The number of piperazine rings is 1. The molecule has 0 bridgehead atoms. The second kappa shape index (κ2) is 7.66. The van der Waals surface area contributed by atoms with E-state index in [1.54, 1.807) is 0 Å². The topological polar surface area (TPSA) is 35.6 Å². The summed E-state index contributed by atoms with van der Waals surface area (Å²) in [4.78, 5) is 16.4. The molecule has 1 aromatic rings. The van der Waals surface area contributed by atoms with Crippen molar-refractivity contribution in [3.8, 4) is 0 Å². The van der Waals surface area contributed by atoms with E-state index in [-0.39, 0.29) is 11.9 Å². The van der Waals surface area contributed by atoms with E-state index in [4.69, 9.17) is 11.6 Å². The van der Waals surface area contributed by atoms with Crippen molar-refractivity contribution in [3.63, 3.8) is 0 Å². The lowest BCUT2D eigenvalue weighted by atomic mass is 10.2. The molecule has 116 valence electrons. The molecule has 1 heterocycles. The molecule has 1 aromatic carbocycles. The summed E-state index contributed by atoms with van der Waals surface area (Å²) in [6.45, 7) is 8.18. The lowest BCUT2D eigenvalue weighted by molar-refractivity contribution is -0.122. The molecule has 2 rings (SSSR count). The number of halogens is 1. The van der Waals surface area contributed by atoms with Gasteiger partial charge in [-0.25, -0.2) is 0 Å². The first-order valence-electron chi connectivity index (χ1n) is 7.61. The molecule has 0 unspecified atom stereocenters. The number of carbonyl (C=O) groups excluding carboxylic acids is 1. The molecule has 0 aromatic heterocycles. The van der Waals surface area contributed by atoms with Gasteiger partial charge in [0.05, 0.1) is 17.3 Å². The first-order chi connectivity index (χ1) is 10.1. The minimum absolute atomic E-state index is 0.121. The van der Waals surface area contributed by atoms with Crippen LogP contribution in [0.2, 0.25) is 5.02 Å². The summed E-state index contributed by atoms with van der Waals surface area (Å²) in [6.07, 6.45) is 0.964. The zero-order valence-electron chi connectivity index (χ0n) is 12.8. The van der Waals surface area contributed by atoms with E-state index in [1.165, 1.54) is 0 Å². The first-order valence-corrected chi connectivity index (χ1v) is 7.99. The van der Waals surface area contributed by atoms with Gasteiger partial charge in [-0.2, -0.15) is 0 Å². The fourth-order valence-corrected chi connectivity index (χ4v) is 2.74. The molecule has 1 atom stereocenters. The second-order valence-corrected chi connectivity index (χ2v) is 6.00. The van der Waals surface area contributed by atoms with Gasteiger partial charge >= 0.3 is 0 Å². The molecule has 1 N–H and O–H groups in total. The number of anilines is 1. The maximum atomic E-state index is 11.9. The van der Waals surface area contributed by atoms with Crippen LogP contribution in [-0.2, 0) is 4.79 Å². The van der Waals surface area contributed by atoms with E-state index >= 15 is 0 Å². The van der Waals surface area contributed by atoms with E-state index in [0.717, 1.165) is 43.3 Å². The van der Waals surface area contributed by atoms with Crippen molar-refractivity contribution in [2.75, 3.05) is 37.6 Å². The number of rotatable bonds is 5. The van der Waals surface area contributed by atoms with Crippen molar-refractivity contribution in [1.82, 2.24) is 10.2 Å². The molecule has 5 heteroatoms. The second-order valence-electron chi connectivity index (χ2n) is 5.59. The first kappa shape index (κ1) is 16.1. The number of nitrogens with one attached hydrogen (secondary N) is 1. The molecule has 1 aliphatic rings. The van der Waals surface area contributed by atoms with Gasteiger partial charge in [-0.3, -0.25) is 9.69 Å². The van der Waals surface area contributed by atoms with Crippen molar-refractivity contribution < 1.29 is 4.79 Å². The van der Waals surface area contributed by atoms with E-state index in [0.29, 0.717) is 6.54 Å². The van der Waals surface area contributed by atoms with Crippen molar-refractivity contribution in [1.29, 1.82) is 0 Å². The van der Waals surface area contributed by atoms with E-state index < -0.39 is 0 Å². The minimum atomic E-state index is 0.121. The highest BCUT2D eigenvalue weighted by molar-refractivity contribution is 6.33. The lowest BCUT2D eigenvalue weighted by Gasteiger charge is -2.36. The third-order valence-corrected chi connectivity index (χ3v) is 4.27. The Morgan fingerprint density at radius 1 is 1.29 bits per heavy atom. The highest BCUT2D eigenvalue weighted by atomic mass is 35.5. The van der Waals surface area contributed by atoms with Gasteiger partial charge < -0.3 is 10.2 Å². The van der Waals surface area contributed by atoms with Crippen LogP contribution in [0.5, 0.6) is 0 Å². The summed E-state index contributed by atoms with van der Waals surface area (Å²) in [5.74, 6) is 0.121. The fraction of sp³-hybridized carbons (Fsp3) is 0.562. The lowest BCUT2D eigenvalue weighted by Crippen LogP contribution is -2.50. The third-order valence-electron chi connectivity index (χ3n) is 3.95. The molecular formula is C16H24ClN3O. The zero-order chi connectivity index (χ0) is 15.2. The Morgan fingerprint density at radius 3 is 2.57 bits per heavy atom. The van der Waals surface area contributed by atoms with Crippen LogP contribution in [0.25, 0.3) is 0 Å². The van der Waals surface area contributed by atoms with Gasteiger partial charge in [0, 0.05) is 32.2 Å². The standard InChI is InChI=1S/C16H24ClN3O/c1-3-13(2)18-16(21)12-19-8-10-20(11-9-19)15-7-5-4-6-14(15)17/h4-7,13H,3,8-12H2,1-2H3,(H,18,21)/t13-/m0/s1. The Bertz CT molecular complexity index is 472. The summed E-state index contributed by atoms with van der Waals surface area (Å²) in [5.41, 5.74) is 1.09. The zero-order valence-corrected chi connectivity index (χ0v) is 13.6. The summed E-state index contributed by atoms with van der Waals surface area (Å²) < 4.78 is 0. The van der Waals surface area contributed by atoms with Crippen LogP contribution in [0.3, 0.4) is 0 Å². The largest absolute Gasteiger partial charge is 0.368 e. The van der Waals surface area contributed by atoms with Crippen LogP contribution < -0.4 is 10.2 Å². The number of carbonyl (C=O) groups is 1. The molecule has 0 saturated carbocycles. The molecule has 1 saturated heterocycles. The molecule has 1 aliphatic heterocycles. The maximum Gasteiger partial charge on any atom is 0.234 e. The van der Waals surface area contributed by atoms with Crippen molar-refractivity contribution in [3.05, 3.63) is 29.3 Å². The third kappa shape index (κ3) is 4.61. The Balaban J connectivity index is 1.81. The SMILES string of the molecule is CC[C@H](C)NC(=O)CN1CCN(c2ccccc2Cl)CC1. The Kier molecular flexibility index (Phi) is 5.88. The smallest absolute Gasteiger partial charge is 0.234 e. The predicted molar refractivity (Wildman–Crippen MR) is 88.0 cm³/mol. The molecule has 0 aliphatic carbocycles. The average molecular weight is 310 g/mol. The summed E-state index contributed by atoms with van der Waals surface area (Å²) in [7, 11) is 0. The van der Waals surface area contributed by atoms with Crippen LogP contribution in [-0.4, -0.2) is 49.6 Å². The molecule has 21 heavy (non-hydrogen) atoms. The van der Waals surface area contributed by atoms with Gasteiger partial charge in [0.2, 0.25) is 5.91 Å². The number of amides is 1. The van der Waals surface area contributed by atoms with Gasteiger partial charge in [0.1, 0.15) is 0 Å². The number of hydrogen-bond donors (Lipinski definition) is 1. The molecular weight excluding hydrogens is 286 g/mol. The quantitative estimate of drug-likeness (QED) is 0.907. The van der Waals surface area contributed by atoms with Crippen molar-refractivity contribution in [2.45, 2.75) is 26.3 Å². The van der Waals surface area contributed by atoms with Crippen molar-refractivity contribution >= 4 is 23.2 Å². The predicted octanol–water partition coefficient (Wildman–Crippen LogP) is 2.38. The normalized spacial score (nSPS) is 17.6. The van der Waals surface area contributed by atoms with Gasteiger partial charge in [0.15, 0.2) is 0 Å².